The van der Waals surface area contributed by atoms with Gasteiger partial charge in [-0.15, -0.1) is 0 Å². The van der Waals surface area contributed by atoms with Gasteiger partial charge in [-0.1, -0.05) is 12.1 Å². The maximum atomic E-state index is 13.3. The van der Waals surface area contributed by atoms with E-state index in [0.29, 0.717) is 17.5 Å². The SMILES string of the molecule is COc1ccc(CCCc2cc(O)n(Cc3cc(F)cc(F)c3)c2O)cc1. The second kappa shape index (κ2) is 8.12. The van der Waals surface area contributed by atoms with Crippen LogP contribution in [-0.2, 0) is 19.4 Å². The van der Waals surface area contributed by atoms with E-state index in [1.165, 1.54) is 22.8 Å². The number of aryl methyl sites for hydroxylation is 2. The Balaban J connectivity index is 1.65. The Labute approximate surface area is 156 Å². The van der Waals surface area contributed by atoms with Gasteiger partial charge >= 0.3 is 0 Å². The molecule has 0 unspecified atom stereocenters. The topological polar surface area (TPSA) is 54.6 Å². The summed E-state index contributed by atoms with van der Waals surface area (Å²) in [5.74, 6) is -0.831. The number of hydrogen-bond donors (Lipinski definition) is 2. The van der Waals surface area contributed by atoms with Crippen LogP contribution in [0.3, 0.4) is 0 Å². The highest BCUT2D eigenvalue weighted by Gasteiger charge is 2.15. The number of benzene rings is 2. The van der Waals surface area contributed by atoms with Crippen LogP contribution in [0.5, 0.6) is 17.5 Å². The molecule has 1 heterocycles. The minimum atomic E-state index is -0.698. The number of hydrogen-bond acceptors (Lipinski definition) is 3. The van der Waals surface area contributed by atoms with Crippen LogP contribution in [0.2, 0.25) is 0 Å². The van der Waals surface area contributed by atoms with E-state index >= 15 is 0 Å². The molecule has 1 aromatic heterocycles. The molecule has 6 heteroatoms. The van der Waals surface area contributed by atoms with E-state index in [4.69, 9.17) is 4.74 Å². The molecular weight excluding hydrogens is 352 g/mol. The van der Waals surface area contributed by atoms with Gasteiger partial charge in [0.2, 0.25) is 0 Å². The number of ether oxygens (including phenoxy) is 1. The van der Waals surface area contributed by atoms with Crippen LogP contribution in [0, 0.1) is 11.6 Å². The van der Waals surface area contributed by atoms with Crippen LogP contribution >= 0.6 is 0 Å². The second-order valence-corrected chi connectivity index (χ2v) is 6.42. The number of aromatic nitrogens is 1. The maximum absolute atomic E-state index is 13.3. The molecule has 0 bridgehead atoms. The molecule has 0 spiro atoms. The maximum Gasteiger partial charge on any atom is 0.197 e. The predicted molar refractivity (Wildman–Crippen MR) is 98.2 cm³/mol. The summed E-state index contributed by atoms with van der Waals surface area (Å²) < 4.78 is 33.0. The molecule has 3 aromatic rings. The number of rotatable bonds is 7. The summed E-state index contributed by atoms with van der Waals surface area (Å²) >= 11 is 0. The van der Waals surface area contributed by atoms with Gasteiger partial charge < -0.3 is 14.9 Å². The summed E-state index contributed by atoms with van der Waals surface area (Å²) in [6.07, 6.45) is 2.15. The van der Waals surface area contributed by atoms with E-state index in [1.807, 2.05) is 24.3 Å². The smallest absolute Gasteiger partial charge is 0.197 e. The monoisotopic (exact) mass is 373 g/mol. The molecule has 0 saturated carbocycles. The molecule has 0 amide bonds. The Morgan fingerprint density at radius 3 is 2.19 bits per heavy atom. The zero-order valence-electron chi connectivity index (χ0n) is 15.0. The van der Waals surface area contributed by atoms with Crippen molar-refractivity contribution in [3.05, 3.63) is 76.9 Å². The fraction of sp³-hybridized carbons (Fsp3) is 0.238. The summed E-state index contributed by atoms with van der Waals surface area (Å²) in [7, 11) is 1.62. The molecule has 0 aliphatic carbocycles. The van der Waals surface area contributed by atoms with E-state index in [1.54, 1.807) is 7.11 Å². The van der Waals surface area contributed by atoms with Crippen molar-refractivity contribution in [3.8, 4) is 17.5 Å². The molecule has 2 N–H and O–H groups in total. The van der Waals surface area contributed by atoms with Gasteiger partial charge in [0.25, 0.3) is 0 Å². The summed E-state index contributed by atoms with van der Waals surface area (Å²) in [5, 5.41) is 20.5. The molecule has 2 aromatic carbocycles. The lowest BCUT2D eigenvalue weighted by Crippen LogP contribution is -2.00. The van der Waals surface area contributed by atoms with Gasteiger partial charge in [0.05, 0.1) is 13.7 Å². The minimum absolute atomic E-state index is 0.0230. The number of nitrogens with zero attached hydrogens (tertiary/aromatic N) is 1. The predicted octanol–water partition coefficient (Wildman–Crippen LogP) is 4.41. The van der Waals surface area contributed by atoms with E-state index in [2.05, 4.69) is 0 Å². The van der Waals surface area contributed by atoms with Gasteiger partial charge in [-0.3, -0.25) is 4.57 Å². The molecule has 0 atom stereocenters. The molecule has 0 radical (unpaired) electrons. The third-order valence-corrected chi connectivity index (χ3v) is 4.46. The number of aromatic hydroxyl groups is 2. The van der Waals surface area contributed by atoms with Crippen LogP contribution in [0.15, 0.2) is 48.5 Å². The fourth-order valence-electron chi connectivity index (χ4n) is 3.08. The summed E-state index contributed by atoms with van der Waals surface area (Å²) in [6, 6.07) is 12.4. The first kappa shape index (κ1) is 18.8. The van der Waals surface area contributed by atoms with Crippen LogP contribution in [0.4, 0.5) is 8.78 Å². The molecule has 0 fully saturated rings. The quantitative estimate of drug-likeness (QED) is 0.645. The van der Waals surface area contributed by atoms with Crippen molar-refractivity contribution < 1.29 is 23.7 Å². The number of halogens is 2. The van der Waals surface area contributed by atoms with Crippen LogP contribution < -0.4 is 4.74 Å². The van der Waals surface area contributed by atoms with Crippen LogP contribution in [0.1, 0.15) is 23.1 Å². The van der Waals surface area contributed by atoms with Gasteiger partial charge in [-0.25, -0.2) is 8.78 Å². The van der Waals surface area contributed by atoms with Crippen molar-refractivity contribution in [1.29, 1.82) is 0 Å². The normalized spacial score (nSPS) is 10.9. The zero-order chi connectivity index (χ0) is 19.4. The minimum Gasteiger partial charge on any atom is -0.497 e. The largest absolute Gasteiger partial charge is 0.497 e. The van der Waals surface area contributed by atoms with Crippen molar-refractivity contribution >= 4 is 0 Å². The van der Waals surface area contributed by atoms with Crippen molar-refractivity contribution in [1.82, 2.24) is 4.57 Å². The Morgan fingerprint density at radius 1 is 0.889 bits per heavy atom. The lowest BCUT2D eigenvalue weighted by molar-refractivity contribution is 0.374. The Kier molecular flexibility index (Phi) is 5.64. The van der Waals surface area contributed by atoms with Gasteiger partial charge in [0.15, 0.2) is 11.8 Å². The molecule has 3 rings (SSSR count). The summed E-state index contributed by atoms with van der Waals surface area (Å²) in [4.78, 5) is 0. The number of methoxy groups -OCH3 is 1. The highest BCUT2D eigenvalue weighted by atomic mass is 19.1. The summed E-state index contributed by atoms with van der Waals surface area (Å²) in [5.41, 5.74) is 2.06. The second-order valence-electron chi connectivity index (χ2n) is 6.42. The lowest BCUT2D eigenvalue weighted by Gasteiger charge is -2.08. The van der Waals surface area contributed by atoms with E-state index < -0.39 is 11.6 Å². The van der Waals surface area contributed by atoms with Crippen molar-refractivity contribution in [2.45, 2.75) is 25.8 Å². The fourth-order valence-corrected chi connectivity index (χ4v) is 3.08. The lowest BCUT2D eigenvalue weighted by atomic mass is 10.1. The zero-order valence-corrected chi connectivity index (χ0v) is 15.0. The molecule has 142 valence electrons. The highest BCUT2D eigenvalue weighted by molar-refractivity contribution is 5.37. The van der Waals surface area contributed by atoms with Crippen molar-refractivity contribution in [2.24, 2.45) is 0 Å². The summed E-state index contributed by atoms with van der Waals surface area (Å²) in [6.45, 7) is -0.0230. The highest BCUT2D eigenvalue weighted by Crippen LogP contribution is 2.30. The van der Waals surface area contributed by atoms with E-state index in [-0.39, 0.29) is 18.3 Å². The van der Waals surface area contributed by atoms with Gasteiger partial charge in [-0.2, -0.15) is 0 Å². The van der Waals surface area contributed by atoms with Gasteiger partial charge in [0.1, 0.15) is 17.4 Å². The van der Waals surface area contributed by atoms with Crippen molar-refractivity contribution in [3.63, 3.8) is 0 Å². The first-order valence-electron chi connectivity index (χ1n) is 8.64. The third-order valence-electron chi connectivity index (χ3n) is 4.46. The Morgan fingerprint density at radius 2 is 1.56 bits per heavy atom. The van der Waals surface area contributed by atoms with Crippen LogP contribution in [0.25, 0.3) is 0 Å². The molecule has 0 aliphatic rings. The molecule has 0 saturated heterocycles. The average molecular weight is 373 g/mol. The van der Waals surface area contributed by atoms with Gasteiger partial charge in [0, 0.05) is 17.7 Å². The van der Waals surface area contributed by atoms with E-state index in [9.17, 15) is 19.0 Å². The standard InChI is InChI=1S/C21H21F2NO3/c1-27-19-7-5-14(6-8-19)3-2-4-16-11-20(25)24(21(16)26)13-15-9-17(22)12-18(23)10-15/h5-12,25-26H,2-4,13H2,1H3. The Bertz CT molecular complexity index is 900. The molecule has 27 heavy (non-hydrogen) atoms. The first-order chi connectivity index (χ1) is 13.0. The van der Waals surface area contributed by atoms with Crippen molar-refractivity contribution in [2.75, 3.05) is 7.11 Å². The van der Waals surface area contributed by atoms with Crippen LogP contribution in [-0.4, -0.2) is 21.9 Å². The first-order valence-corrected chi connectivity index (χ1v) is 8.64. The molecular formula is C21H21F2NO3. The Hall–Kier alpha value is -3.02. The average Bonchev–Trinajstić information content (AvgIpc) is 2.89. The van der Waals surface area contributed by atoms with E-state index in [0.717, 1.165) is 30.2 Å². The van der Waals surface area contributed by atoms with Gasteiger partial charge in [-0.05, 0) is 54.7 Å². The molecule has 4 nitrogen and oxygen atoms in total. The third kappa shape index (κ3) is 4.58. The molecule has 0 aliphatic heterocycles.